The normalized spacial score (nSPS) is 11.2. The summed E-state index contributed by atoms with van der Waals surface area (Å²) in [6.45, 7) is 0.314. The molecule has 5 heteroatoms. The van der Waals surface area contributed by atoms with E-state index < -0.39 is 0 Å². The van der Waals surface area contributed by atoms with Crippen LogP contribution in [0, 0.1) is 5.82 Å². The third kappa shape index (κ3) is 2.34. The van der Waals surface area contributed by atoms with Crippen molar-refractivity contribution in [3.63, 3.8) is 0 Å². The second-order valence-electron chi connectivity index (χ2n) is 4.55. The first-order chi connectivity index (χ1) is 9.69. The maximum atomic E-state index is 13.8. The van der Waals surface area contributed by atoms with Gasteiger partial charge >= 0.3 is 0 Å². The van der Waals surface area contributed by atoms with Gasteiger partial charge in [-0.1, -0.05) is 15.9 Å². The van der Waals surface area contributed by atoms with Crippen LogP contribution in [0.2, 0.25) is 0 Å². The Morgan fingerprint density at radius 1 is 1.25 bits per heavy atom. The van der Waals surface area contributed by atoms with E-state index in [1.807, 2.05) is 22.9 Å². The van der Waals surface area contributed by atoms with Crippen LogP contribution in [0.15, 0.2) is 47.2 Å². The fourth-order valence-electron chi connectivity index (χ4n) is 2.29. The first-order valence-electron chi connectivity index (χ1n) is 6.16. The monoisotopic (exact) mass is 334 g/mol. The molecular weight excluding hydrogens is 323 g/mol. The number of nitrogens with zero attached hydrogens (tertiary/aromatic N) is 2. The van der Waals surface area contributed by atoms with Gasteiger partial charge in [-0.25, -0.2) is 9.37 Å². The number of aliphatic hydroxyl groups excluding tert-OH is 1. The van der Waals surface area contributed by atoms with E-state index in [0.29, 0.717) is 12.1 Å². The van der Waals surface area contributed by atoms with Gasteiger partial charge in [-0.2, -0.15) is 0 Å². The second kappa shape index (κ2) is 5.34. The minimum absolute atomic E-state index is 0.0594. The molecule has 0 atom stereocenters. The van der Waals surface area contributed by atoms with Gasteiger partial charge in [-0.05, 0) is 30.3 Å². The molecule has 0 amide bonds. The molecule has 0 unspecified atom stereocenters. The van der Waals surface area contributed by atoms with Gasteiger partial charge in [0.15, 0.2) is 0 Å². The average molecular weight is 335 g/mol. The number of hydrogen-bond donors (Lipinski definition) is 1. The molecule has 0 aliphatic heterocycles. The lowest BCUT2D eigenvalue weighted by Gasteiger charge is -2.06. The number of fused-ring (bicyclic) bond motifs is 1. The number of pyridine rings is 1. The molecule has 0 fully saturated rings. The molecule has 0 aliphatic rings. The number of aromatic nitrogens is 2. The fourth-order valence-corrected chi connectivity index (χ4v) is 2.70. The van der Waals surface area contributed by atoms with Crippen molar-refractivity contribution in [2.24, 2.45) is 0 Å². The van der Waals surface area contributed by atoms with Gasteiger partial charge in [0, 0.05) is 33.4 Å². The smallest absolute Gasteiger partial charge is 0.140 e. The predicted molar refractivity (Wildman–Crippen MR) is 78.9 cm³/mol. The van der Waals surface area contributed by atoms with Gasteiger partial charge < -0.3 is 9.67 Å². The summed E-state index contributed by atoms with van der Waals surface area (Å²) in [6, 6.07) is 8.59. The molecule has 0 spiro atoms. The molecule has 0 saturated carbocycles. The van der Waals surface area contributed by atoms with E-state index in [0.717, 1.165) is 21.1 Å². The average Bonchev–Trinajstić information content (AvgIpc) is 2.81. The molecule has 3 nitrogen and oxygen atoms in total. The van der Waals surface area contributed by atoms with Crippen LogP contribution in [0.3, 0.4) is 0 Å². The number of aliphatic hydroxyl groups is 1. The van der Waals surface area contributed by atoms with Crippen LogP contribution in [-0.4, -0.2) is 14.7 Å². The highest BCUT2D eigenvalue weighted by molar-refractivity contribution is 9.10. The SMILES string of the molecule is OCc1cn(Cc2cc(Br)ccc2F)c2ncccc12. The molecule has 2 heterocycles. The van der Waals surface area contributed by atoms with Crippen LogP contribution in [0.4, 0.5) is 4.39 Å². The van der Waals surface area contributed by atoms with Gasteiger partial charge in [-0.15, -0.1) is 0 Å². The molecule has 1 aromatic carbocycles. The topological polar surface area (TPSA) is 38.0 Å². The summed E-state index contributed by atoms with van der Waals surface area (Å²) in [4.78, 5) is 4.32. The van der Waals surface area contributed by atoms with E-state index in [-0.39, 0.29) is 12.4 Å². The minimum Gasteiger partial charge on any atom is -0.392 e. The van der Waals surface area contributed by atoms with Crippen molar-refractivity contribution in [3.05, 3.63) is 64.1 Å². The summed E-state index contributed by atoms with van der Waals surface area (Å²) in [5, 5.41) is 10.3. The van der Waals surface area contributed by atoms with Crippen molar-refractivity contribution < 1.29 is 9.50 Å². The largest absolute Gasteiger partial charge is 0.392 e. The highest BCUT2D eigenvalue weighted by Crippen LogP contribution is 2.22. The Kier molecular flexibility index (Phi) is 3.54. The highest BCUT2D eigenvalue weighted by Gasteiger charge is 2.11. The van der Waals surface area contributed by atoms with Crippen LogP contribution >= 0.6 is 15.9 Å². The van der Waals surface area contributed by atoms with Gasteiger partial charge in [0.2, 0.25) is 0 Å². The van der Waals surface area contributed by atoms with Crippen LogP contribution < -0.4 is 0 Å². The van der Waals surface area contributed by atoms with Crippen LogP contribution in [0.1, 0.15) is 11.1 Å². The Labute approximate surface area is 123 Å². The van der Waals surface area contributed by atoms with E-state index in [9.17, 15) is 9.50 Å². The van der Waals surface area contributed by atoms with E-state index in [2.05, 4.69) is 20.9 Å². The molecule has 0 aliphatic carbocycles. The van der Waals surface area contributed by atoms with E-state index >= 15 is 0 Å². The molecule has 2 aromatic heterocycles. The first kappa shape index (κ1) is 13.3. The molecule has 102 valence electrons. The Morgan fingerprint density at radius 2 is 2.10 bits per heavy atom. The quantitative estimate of drug-likeness (QED) is 0.796. The standard InChI is InChI=1S/C15H12BrFN2O/c16-12-3-4-14(17)10(6-12)7-19-8-11(9-20)13-2-1-5-18-15(13)19/h1-6,8,20H,7,9H2. The zero-order chi connectivity index (χ0) is 14.1. The lowest BCUT2D eigenvalue weighted by molar-refractivity contribution is 0.283. The zero-order valence-corrected chi connectivity index (χ0v) is 12.1. The minimum atomic E-state index is -0.253. The van der Waals surface area contributed by atoms with Crippen LogP contribution in [-0.2, 0) is 13.2 Å². The van der Waals surface area contributed by atoms with Gasteiger partial charge in [0.05, 0.1) is 13.2 Å². The first-order valence-corrected chi connectivity index (χ1v) is 6.96. The summed E-state index contributed by atoms with van der Waals surface area (Å²) in [5.74, 6) is -0.253. The lowest BCUT2D eigenvalue weighted by atomic mass is 10.2. The summed E-state index contributed by atoms with van der Waals surface area (Å²) >= 11 is 3.35. The van der Waals surface area contributed by atoms with Crippen molar-refractivity contribution >= 4 is 27.0 Å². The maximum absolute atomic E-state index is 13.8. The zero-order valence-electron chi connectivity index (χ0n) is 10.6. The molecular formula is C15H12BrFN2O. The van der Waals surface area contributed by atoms with Crippen molar-refractivity contribution in [2.75, 3.05) is 0 Å². The van der Waals surface area contributed by atoms with Crippen molar-refractivity contribution in [3.8, 4) is 0 Å². The number of halogens is 2. The number of rotatable bonds is 3. The van der Waals surface area contributed by atoms with Gasteiger partial charge in [-0.3, -0.25) is 0 Å². The molecule has 3 rings (SSSR count). The van der Waals surface area contributed by atoms with Crippen LogP contribution in [0.5, 0.6) is 0 Å². The molecule has 0 bridgehead atoms. The van der Waals surface area contributed by atoms with Gasteiger partial charge in [0.25, 0.3) is 0 Å². The Balaban J connectivity index is 2.09. The van der Waals surface area contributed by atoms with Gasteiger partial charge in [0.1, 0.15) is 11.5 Å². The highest BCUT2D eigenvalue weighted by atomic mass is 79.9. The van der Waals surface area contributed by atoms with Crippen molar-refractivity contribution in [1.29, 1.82) is 0 Å². The summed E-state index contributed by atoms with van der Waals surface area (Å²) in [7, 11) is 0. The maximum Gasteiger partial charge on any atom is 0.140 e. The molecule has 20 heavy (non-hydrogen) atoms. The molecule has 0 radical (unpaired) electrons. The Bertz CT molecular complexity index is 770. The van der Waals surface area contributed by atoms with Crippen molar-refractivity contribution in [2.45, 2.75) is 13.2 Å². The lowest BCUT2D eigenvalue weighted by Crippen LogP contribution is -2.01. The summed E-state index contributed by atoms with van der Waals surface area (Å²) in [5.41, 5.74) is 2.12. The molecule has 1 N–H and O–H groups in total. The summed E-state index contributed by atoms with van der Waals surface area (Å²) < 4.78 is 16.5. The molecule has 0 saturated heterocycles. The van der Waals surface area contributed by atoms with Crippen LogP contribution in [0.25, 0.3) is 11.0 Å². The fraction of sp³-hybridized carbons (Fsp3) is 0.133. The molecule has 3 aromatic rings. The Morgan fingerprint density at radius 3 is 2.90 bits per heavy atom. The van der Waals surface area contributed by atoms with E-state index in [1.165, 1.54) is 6.07 Å². The number of hydrogen-bond acceptors (Lipinski definition) is 2. The van der Waals surface area contributed by atoms with E-state index in [4.69, 9.17) is 0 Å². The number of benzene rings is 1. The summed E-state index contributed by atoms with van der Waals surface area (Å²) in [6.07, 6.45) is 3.51. The predicted octanol–water partition coefficient (Wildman–Crippen LogP) is 3.48. The van der Waals surface area contributed by atoms with Crippen molar-refractivity contribution in [1.82, 2.24) is 9.55 Å². The Hall–Kier alpha value is -1.72. The third-order valence-corrected chi connectivity index (χ3v) is 3.73. The van der Waals surface area contributed by atoms with E-state index in [1.54, 1.807) is 18.3 Å². The second-order valence-corrected chi connectivity index (χ2v) is 5.47. The third-order valence-electron chi connectivity index (χ3n) is 3.24.